The molecule has 1 N–H and O–H groups in total. The van der Waals surface area contributed by atoms with Crippen molar-refractivity contribution < 1.29 is 19.4 Å². The predicted molar refractivity (Wildman–Crippen MR) is 106 cm³/mol. The molecule has 5 nitrogen and oxygen atoms in total. The Bertz CT molecular complexity index is 898. The van der Waals surface area contributed by atoms with Gasteiger partial charge in [-0.15, -0.1) is 0 Å². The molecule has 1 unspecified atom stereocenters. The minimum absolute atomic E-state index is 0.0545. The summed E-state index contributed by atoms with van der Waals surface area (Å²) in [6.07, 6.45) is 0. The monoisotopic (exact) mass is 429 g/mol. The first-order valence-corrected chi connectivity index (χ1v) is 9.29. The van der Waals surface area contributed by atoms with E-state index in [2.05, 4.69) is 15.9 Å². The molecule has 0 aromatic heterocycles. The summed E-state index contributed by atoms with van der Waals surface area (Å²) in [5, 5.41) is 10.5. The second kappa shape index (κ2) is 7.19. The van der Waals surface area contributed by atoms with Crippen molar-refractivity contribution in [3.05, 3.63) is 76.0 Å². The Morgan fingerprint density at radius 2 is 1.67 bits per heavy atom. The van der Waals surface area contributed by atoms with Crippen LogP contribution in [0.5, 0.6) is 0 Å². The van der Waals surface area contributed by atoms with Crippen LogP contribution in [0, 0.1) is 0 Å². The van der Waals surface area contributed by atoms with Crippen LogP contribution in [0.4, 0.5) is 5.69 Å². The summed E-state index contributed by atoms with van der Waals surface area (Å²) in [5.74, 6) is -1.92. The number of amides is 1. The van der Waals surface area contributed by atoms with E-state index in [4.69, 9.17) is 4.74 Å². The van der Waals surface area contributed by atoms with Crippen molar-refractivity contribution in [2.75, 3.05) is 4.90 Å². The molecule has 1 aliphatic heterocycles. The highest BCUT2D eigenvalue weighted by atomic mass is 79.9. The van der Waals surface area contributed by atoms with Crippen LogP contribution < -0.4 is 4.90 Å². The Morgan fingerprint density at radius 1 is 1.07 bits per heavy atom. The number of para-hydroxylation sites is 1. The number of hydrogen-bond donors (Lipinski definition) is 1. The van der Waals surface area contributed by atoms with Gasteiger partial charge in [-0.25, -0.2) is 4.79 Å². The van der Waals surface area contributed by atoms with Crippen molar-refractivity contribution in [1.29, 1.82) is 0 Å². The maximum Gasteiger partial charge on any atom is 0.341 e. The van der Waals surface area contributed by atoms with Gasteiger partial charge >= 0.3 is 5.97 Å². The SMILES string of the molecule is CC(C)(C)OC(=O)C1=C(O)C(=O)N(c2ccccc2)C1c1ccc(Br)cc1. The van der Waals surface area contributed by atoms with Crippen LogP contribution in [0.15, 0.2) is 70.4 Å². The number of anilines is 1. The average molecular weight is 430 g/mol. The molecule has 1 atom stereocenters. The van der Waals surface area contributed by atoms with Gasteiger partial charge < -0.3 is 9.84 Å². The fraction of sp³-hybridized carbons (Fsp3) is 0.238. The Balaban J connectivity index is 2.13. The molecule has 0 bridgehead atoms. The number of aliphatic hydroxyl groups excluding tert-OH is 1. The fourth-order valence-electron chi connectivity index (χ4n) is 2.96. The number of ether oxygens (including phenoxy) is 1. The third kappa shape index (κ3) is 3.90. The van der Waals surface area contributed by atoms with E-state index in [9.17, 15) is 14.7 Å². The summed E-state index contributed by atoms with van der Waals surface area (Å²) < 4.78 is 6.32. The maximum atomic E-state index is 12.8. The number of hydrogen-bond acceptors (Lipinski definition) is 4. The summed E-state index contributed by atoms with van der Waals surface area (Å²) in [4.78, 5) is 27.1. The Kier molecular flexibility index (Phi) is 5.11. The Labute approximate surface area is 166 Å². The fourth-order valence-corrected chi connectivity index (χ4v) is 3.23. The van der Waals surface area contributed by atoms with Crippen molar-refractivity contribution >= 4 is 33.5 Å². The first-order valence-electron chi connectivity index (χ1n) is 8.49. The van der Waals surface area contributed by atoms with Gasteiger partial charge in [-0.2, -0.15) is 0 Å². The first kappa shape index (κ1) is 19.2. The van der Waals surface area contributed by atoms with Crippen molar-refractivity contribution in [3.63, 3.8) is 0 Å². The number of halogens is 1. The zero-order valence-electron chi connectivity index (χ0n) is 15.3. The molecule has 0 saturated carbocycles. The largest absolute Gasteiger partial charge is 0.503 e. The van der Waals surface area contributed by atoms with E-state index in [0.717, 1.165) is 4.47 Å². The van der Waals surface area contributed by atoms with Crippen molar-refractivity contribution in [3.8, 4) is 0 Å². The summed E-state index contributed by atoms with van der Waals surface area (Å²) in [6, 6.07) is 15.4. The molecule has 3 rings (SSSR count). The third-order valence-corrected chi connectivity index (χ3v) is 4.58. The van der Waals surface area contributed by atoms with Gasteiger partial charge in [0.15, 0.2) is 5.76 Å². The molecule has 0 saturated heterocycles. The van der Waals surface area contributed by atoms with Gasteiger partial charge in [0.2, 0.25) is 0 Å². The number of aliphatic hydroxyl groups is 1. The summed E-state index contributed by atoms with van der Waals surface area (Å²) in [6.45, 7) is 5.22. The number of benzene rings is 2. The highest BCUT2D eigenvalue weighted by Gasteiger charge is 2.45. The minimum atomic E-state index is -0.775. The van der Waals surface area contributed by atoms with Crippen LogP contribution in [0.3, 0.4) is 0 Å². The molecule has 27 heavy (non-hydrogen) atoms. The summed E-state index contributed by atoms with van der Waals surface area (Å²) in [7, 11) is 0. The summed E-state index contributed by atoms with van der Waals surface area (Å²) in [5.41, 5.74) is 0.472. The van der Waals surface area contributed by atoms with Crippen LogP contribution in [0.1, 0.15) is 32.4 Å². The molecule has 0 spiro atoms. The number of carbonyl (C=O) groups is 2. The van der Waals surface area contributed by atoms with Gasteiger partial charge in [0.1, 0.15) is 11.2 Å². The lowest BCUT2D eigenvalue weighted by molar-refractivity contribution is -0.150. The standard InChI is InChI=1S/C21H20BrNO4/c1-21(2,3)27-20(26)16-17(13-9-11-14(22)12-10-13)23(19(25)18(16)24)15-7-5-4-6-8-15/h4-12,17,24H,1-3H3. The molecular weight excluding hydrogens is 410 g/mol. The molecular formula is C21H20BrNO4. The molecule has 1 heterocycles. The summed E-state index contributed by atoms with van der Waals surface area (Å²) >= 11 is 3.39. The van der Waals surface area contributed by atoms with Gasteiger partial charge in [-0.05, 0) is 50.6 Å². The van der Waals surface area contributed by atoms with E-state index in [1.165, 1.54) is 4.90 Å². The van der Waals surface area contributed by atoms with Gasteiger partial charge in [0.25, 0.3) is 5.91 Å². The maximum absolute atomic E-state index is 12.8. The predicted octanol–water partition coefficient (Wildman–Crippen LogP) is 4.69. The van der Waals surface area contributed by atoms with Gasteiger partial charge in [0.05, 0.1) is 6.04 Å². The van der Waals surface area contributed by atoms with Crippen molar-refractivity contribution in [1.82, 2.24) is 0 Å². The Morgan fingerprint density at radius 3 is 2.22 bits per heavy atom. The highest BCUT2D eigenvalue weighted by Crippen LogP contribution is 2.41. The molecule has 1 amide bonds. The van der Waals surface area contributed by atoms with Crippen LogP contribution in [0.25, 0.3) is 0 Å². The molecule has 0 radical (unpaired) electrons. The van der Waals surface area contributed by atoms with Gasteiger partial charge in [-0.3, -0.25) is 9.69 Å². The van der Waals surface area contributed by atoms with E-state index in [-0.39, 0.29) is 5.57 Å². The van der Waals surface area contributed by atoms with Crippen LogP contribution in [-0.2, 0) is 14.3 Å². The number of esters is 1. The van der Waals surface area contributed by atoms with Crippen LogP contribution in [-0.4, -0.2) is 22.6 Å². The topological polar surface area (TPSA) is 66.8 Å². The van der Waals surface area contributed by atoms with E-state index in [1.807, 2.05) is 18.2 Å². The first-order chi connectivity index (χ1) is 12.7. The number of carbonyl (C=O) groups excluding carboxylic acids is 2. The smallest absolute Gasteiger partial charge is 0.341 e. The highest BCUT2D eigenvalue weighted by molar-refractivity contribution is 9.10. The molecule has 140 valence electrons. The molecule has 0 aliphatic carbocycles. The van der Waals surface area contributed by atoms with Gasteiger partial charge in [0, 0.05) is 10.2 Å². The quantitative estimate of drug-likeness (QED) is 0.718. The minimum Gasteiger partial charge on any atom is -0.503 e. The second-order valence-corrected chi connectivity index (χ2v) is 8.14. The number of rotatable bonds is 3. The van der Waals surface area contributed by atoms with E-state index in [0.29, 0.717) is 11.3 Å². The molecule has 1 aliphatic rings. The van der Waals surface area contributed by atoms with Gasteiger partial charge in [-0.1, -0.05) is 46.3 Å². The normalized spacial score (nSPS) is 17.4. The second-order valence-electron chi connectivity index (χ2n) is 7.23. The molecule has 2 aromatic carbocycles. The van der Waals surface area contributed by atoms with Crippen LogP contribution >= 0.6 is 15.9 Å². The Hall–Kier alpha value is -2.60. The lowest BCUT2D eigenvalue weighted by Gasteiger charge is -2.28. The lowest BCUT2D eigenvalue weighted by atomic mass is 9.98. The molecule has 0 fully saturated rings. The van der Waals surface area contributed by atoms with Crippen LogP contribution in [0.2, 0.25) is 0 Å². The molecule has 2 aromatic rings. The average Bonchev–Trinajstić information content (AvgIpc) is 2.86. The third-order valence-electron chi connectivity index (χ3n) is 4.05. The van der Waals surface area contributed by atoms with Crippen molar-refractivity contribution in [2.45, 2.75) is 32.4 Å². The lowest BCUT2D eigenvalue weighted by Crippen LogP contribution is -2.32. The van der Waals surface area contributed by atoms with Crippen molar-refractivity contribution in [2.24, 2.45) is 0 Å². The zero-order chi connectivity index (χ0) is 19.8. The zero-order valence-corrected chi connectivity index (χ0v) is 16.9. The molecule has 6 heteroatoms. The number of nitrogens with zero attached hydrogens (tertiary/aromatic N) is 1. The van der Waals surface area contributed by atoms with E-state index >= 15 is 0 Å². The van der Waals surface area contributed by atoms with E-state index < -0.39 is 29.3 Å². The van der Waals surface area contributed by atoms with E-state index in [1.54, 1.807) is 57.2 Å².